The number of hydrogen-bond acceptors (Lipinski definition) is 2. The fraction of sp³-hybridized carbons (Fsp3) is 0.0476. The number of aryl methyl sites for hydroxylation is 1. The lowest BCUT2D eigenvalue weighted by Crippen LogP contribution is -2.04. The molecule has 0 N–H and O–H groups in total. The molecule has 126 valence electrons. The van der Waals surface area contributed by atoms with Gasteiger partial charge in [0.2, 0.25) is 9.84 Å². The SMILES string of the molecule is Cc1ccc(S(=O)(=O)C(Cl)=C(c2ccccc2)c2ccccc2)cc1. The molecular formula is C21H17ClO2S. The fourth-order valence-corrected chi connectivity index (χ4v) is 4.25. The Labute approximate surface area is 153 Å². The van der Waals surface area contributed by atoms with Crippen molar-refractivity contribution in [3.8, 4) is 0 Å². The van der Waals surface area contributed by atoms with E-state index in [1.807, 2.05) is 67.6 Å². The highest BCUT2D eigenvalue weighted by Gasteiger charge is 2.24. The summed E-state index contributed by atoms with van der Waals surface area (Å²) in [5.41, 5.74) is 3.01. The predicted molar refractivity (Wildman–Crippen MR) is 103 cm³/mol. The molecule has 0 atom stereocenters. The molecule has 0 bridgehead atoms. The zero-order chi connectivity index (χ0) is 17.9. The molecular weight excluding hydrogens is 352 g/mol. The van der Waals surface area contributed by atoms with Gasteiger partial charge in [-0.1, -0.05) is 90.0 Å². The Balaban J connectivity index is 2.25. The Morgan fingerprint density at radius 3 is 1.60 bits per heavy atom. The van der Waals surface area contributed by atoms with Gasteiger partial charge in [0.1, 0.15) is 4.36 Å². The summed E-state index contributed by atoms with van der Waals surface area (Å²) < 4.78 is 25.9. The molecule has 0 aliphatic heterocycles. The molecule has 0 aromatic heterocycles. The van der Waals surface area contributed by atoms with Gasteiger partial charge in [-0.25, -0.2) is 8.42 Å². The lowest BCUT2D eigenvalue weighted by atomic mass is 10.00. The van der Waals surface area contributed by atoms with Gasteiger partial charge in [0, 0.05) is 5.57 Å². The van der Waals surface area contributed by atoms with Gasteiger partial charge in [-0.15, -0.1) is 0 Å². The molecule has 0 saturated carbocycles. The van der Waals surface area contributed by atoms with E-state index in [0.717, 1.165) is 16.7 Å². The average Bonchev–Trinajstić information content (AvgIpc) is 2.64. The first-order valence-electron chi connectivity index (χ1n) is 7.82. The van der Waals surface area contributed by atoms with Crippen molar-refractivity contribution in [2.75, 3.05) is 0 Å². The van der Waals surface area contributed by atoms with Gasteiger partial charge in [-0.3, -0.25) is 0 Å². The number of sulfone groups is 1. The minimum Gasteiger partial charge on any atom is -0.218 e. The highest BCUT2D eigenvalue weighted by atomic mass is 35.5. The maximum Gasteiger partial charge on any atom is 0.217 e. The standard InChI is InChI=1S/C21H17ClO2S/c1-16-12-14-19(15-13-16)25(23,24)21(22)20(17-8-4-2-5-9-17)18-10-6-3-7-11-18/h2-15H,1H3. The van der Waals surface area contributed by atoms with Crippen molar-refractivity contribution in [2.45, 2.75) is 11.8 Å². The second-order valence-electron chi connectivity index (χ2n) is 5.70. The van der Waals surface area contributed by atoms with Crippen LogP contribution in [-0.4, -0.2) is 8.42 Å². The smallest absolute Gasteiger partial charge is 0.217 e. The normalized spacial score (nSPS) is 11.1. The molecule has 3 aromatic carbocycles. The molecule has 0 aliphatic carbocycles. The Bertz CT molecular complexity index is 949. The quantitative estimate of drug-likeness (QED) is 0.615. The first-order valence-corrected chi connectivity index (χ1v) is 9.68. The Kier molecular flexibility index (Phi) is 5.07. The van der Waals surface area contributed by atoms with Gasteiger partial charge >= 0.3 is 0 Å². The van der Waals surface area contributed by atoms with Crippen molar-refractivity contribution >= 4 is 27.0 Å². The third kappa shape index (κ3) is 3.68. The van der Waals surface area contributed by atoms with Crippen molar-refractivity contribution < 1.29 is 8.42 Å². The van der Waals surface area contributed by atoms with E-state index in [1.165, 1.54) is 0 Å². The summed E-state index contributed by atoms with van der Waals surface area (Å²) in [6, 6.07) is 25.3. The van der Waals surface area contributed by atoms with E-state index in [2.05, 4.69) is 0 Å². The summed E-state index contributed by atoms with van der Waals surface area (Å²) >= 11 is 6.47. The number of benzene rings is 3. The van der Waals surface area contributed by atoms with Crippen molar-refractivity contribution in [1.82, 2.24) is 0 Å². The summed E-state index contributed by atoms with van der Waals surface area (Å²) in [6.07, 6.45) is 0. The summed E-state index contributed by atoms with van der Waals surface area (Å²) in [6.45, 7) is 1.91. The number of rotatable bonds is 4. The molecule has 2 nitrogen and oxygen atoms in total. The molecule has 0 fully saturated rings. The molecule has 3 aromatic rings. The fourth-order valence-electron chi connectivity index (χ4n) is 2.56. The lowest BCUT2D eigenvalue weighted by Gasteiger charge is -2.13. The van der Waals surface area contributed by atoms with Gasteiger partial charge in [-0.05, 0) is 30.2 Å². The topological polar surface area (TPSA) is 34.1 Å². The zero-order valence-corrected chi connectivity index (χ0v) is 15.3. The first kappa shape index (κ1) is 17.5. The third-order valence-corrected chi connectivity index (χ3v) is 6.26. The first-order chi connectivity index (χ1) is 12.0. The highest BCUT2D eigenvalue weighted by Crippen LogP contribution is 2.34. The molecule has 4 heteroatoms. The van der Waals surface area contributed by atoms with Crippen molar-refractivity contribution in [2.24, 2.45) is 0 Å². The van der Waals surface area contributed by atoms with E-state index in [1.54, 1.807) is 24.3 Å². The summed E-state index contributed by atoms with van der Waals surface area (Å²) in [7, 11) is -3.81. The van der Waals surface area contributed by atoms with Gasteiger partial charge in [-0.2, -0.15) is 0 Å². The molecule has 25 heavy (non-hydrogen) atoms. The largest absolute Gasteiger partial charge is 0.218 e. The Hall–Kier alpha value is -2.36. The van der Waals surface area contributed by atoms with E-state index >= 15 is 0 Å². The molecule has 0 unspecified atom stereocenters. The van der Waals surface area contributed by atoms with Crippen LogP contribution in [-0.2, 0) is 9.84 Å². The molecule has 0 spiro atoms. The molecule has 0 saturated heterocycles. The predicted octanol–water partition coefficient (Wildman–Crippen LogP) is 5.42. The van der Waals surface area contributed by atoms with Crippen LogP contribution in [0.2, 0.25) is 0 Å². The van der Waals surface area contributed by atoms with Crippen LogP contribution in [0.15, 0.2) is 94.2 Å². The third-order valence-electron chi connectivity index (χ3n) is 3.89. The van der Waals surface area contributed by atoms with Crippen LogP contribution in [0, 0.1) is 6.92 Å². The van der Waals surface area contributed by atoms with E-state index in [-0.39, 0.29) is 9.26 Å². The highest BCUT2D eigenvalue weighted by molar-refractivity contribution is 7.97. The van der Waals surface area contributed by atoms with Crippen molar-refractivity contribution in [3.63, 3.8) is 0 Å². The number of hydrogen-bond donors (Lipinski definition) is 0. The number of halogens is 1. The van der Waals surface area contributed by atoms with Crippen molar-refractivity contribution in [3.05, 3.63) is 106 Å². The van der Waals surface area contributed by atoms with Crippen LogP contribution in [0.4, 0.5) is 0 Å². The van der Waals surface area contributed by atoms with Crippen molar-refractivity contribution in [1.29, 1.82) is 0 Å². The minimum atomic E-state index is -3.81. The zero-order valence-electron chi connectivity index (χ0n) is 13.7. The monoisotopic (exact) mass is 368 g/mol. The summed E-state index contributed by atoms with van der Waals surface area (Å²) in [4.78, 5) is 0.187. The Morgan fingerprint density at radius 1 is 0.720 bits per heavy atom. The molecule has 0 aliphatic rings. The lowest BCUT2D eigenvalue weighted by molar-refractivity contribution is 0.604. The van der Waals surface area contributed by atoms with Crippen LogP contribution in [0.3, 0.4) is 0 Å². The van der Waals surface area contributed by atoms with Gasteiger partial charge in [0.15, 0.2) is 0 Å². The van der Waals surface area contributed by atoms with Gasteiger partial charge in [0.05, 0.1) is 4.90 Å². The van der Waals surface area contributed by atoms with Gasteiger partial charge in [0.25, 0.3) is 0 Å². The van der Waals surface area contributed by atoms with Crippen LogP contribution in [0.5, 0.6) is 0 Å². The molecule has 0 amide bonds. The summed E-state index contributed by atoms with van der Waals surface area (Å²) in [5, 5.41) is 0. The van der Waals surface area contributed by atoms with Crippen LogP contribution in [0.1, 0.15) is 16.7 Å². The van der Waals surface area contributed by atoms with Crippen LogP contribution < -0.4 is 0 Å². The minimum absolute atomic E-state index is 0.172. The summed E-state index contributed by atoms with van der Waals surface area (Å²) in [5.74, 6) is 0. The molecule has 0 radical (unpaired) electrons. The van der Waals surface area contributed by atoms with E-state index in [0.29, 0.717) is 5.57 Å². The second-order valence-corrected chi connectivity index (χ2v) is 8.19. The molecule has 3 rings (SSSR count). The second kappa shape index (κ2) is 7.26. The maximum absolute atomic E-state index is 13.0. The van der Waals surface area contributed by atoms with E-state index < -0.39 is 9.84 Å². The Morgan fingerprint density at radius 2 is 1.16 bits per heavy atom. The average molecular weight is 369 g/mol. The maximum atomic E-state index is 13.0. The van der Waals surface area contributed by atoms with Crippen LogP contribution >= 0.6 is 11.6 Å². The molecule has 0 heterocycles. The van der Waals surface area contributed by atoms with E-state index in [4.69, 9.17) is 11.6 Å². The van der Waals surface area contributed by atoms with Crippen LogP contribution in [0.25, 0.3) is 5.57 Å². The van der Waals surface area contributed by atoms with E-state index in [9.17, 15) is 8.42 Å². The van der Waals surface area contributed by atoms with Gasteiger partial charge < -0.3 is 0 Å².